The molecule has 6 nitrogen and oxygen atoms in total. The van der Waals surface area contributed by atoms with Gasteiger partial charge >= 0.3 is 0 Å². The standard InChI is InChI=1S/C13H22N4O2/c1-4-10-8(7-17(3)16-10)13(18)15-12-9(14)6-11(12)19-5-2/h7,9,11-12H,4-6,14H2,1-3H3,(H,15,18). The zero-order valence-corrected chi connectivity index (χ0v) is 11.7. The molecule has 1 heterocycles. The largest absolute Gasteiger partial charge is 0.376 e. The van der Waals surface area contributed by atoms with Crippen LogP contribution in [0.15, 0.2) is 6.20 Å². The van der Waals surface area contributed by atoms with Crippen molar-refractivity contribution in [1.82, 2.24) is 15.1 Å². The number of nitrogens with zero attached hydrogens (tertiary/aromatic N) is 2. The van der Waals surface area contributed by atoms with Gasteiger partial charge in [0.1, 0.15) is 0 Å². The number of carbonyl (C=O) groups is 1. The highest BCUT2D eigenvalue weighted by Gasteiger charge is 2.40. The molecule has 1 aromatic rings. The van der Waals surface area contributed by atoms with Crippen molar-refractivity contribution in [2.24, 2.45) is 12.8 Å². The minimum Gasteiger partial charge on any atom is -0.376 e. The van der Waals surface area contributed by atoms with Crippen LogP contribution in [0.2, 0.25) is 0 Å². The van der Waals surface area contributed by atoms with Crippen LogP contribution in [0, 0.1) is 0 Å². The molecular weight excluding hydrogens is 244 g/mol. The maximum absolute atomic E-state index is 12.3. The number of rotatable bonds is 5. The lowest BCUT2D eigenvalue weighted by Gasteiger charge is -2.42. The van der Waals surface area contributed by atoms with Crippen LogP contribution in [0.4, 0.5) is 0 Å². The lowest BCUT2D eigenvalue weighted by atomic mass is 9.83. The normalized spacial score (nSPS) is 26.0. The summed E-state index contributed by atoms with van der Waals surface area (Å²) in [6.07, 6.45) is 3.31. The van der Waals surface area contributed by atoms with Gasteiger partial charge in [0.05, 0.1) is 23.4 Å². The van der Waals surface area contributed by atoms with Crippen molar-refractivity contribution in [2.75, 3.05) is 6.61 Å². The van der Waals surface area contributed by atoms with E-state index in [0.29, 0.717) is 12.2 Å². The van der Waals surface area contributed by atoms with Crippen molar-refractivity contribution in [2.45, 2.75) is 44.9 Å². The van der Waals surface area contributed by atoms with Gasteiger partial charge in [0, 0.05) is 25.9 Å². The van der Waals surface area contributed by atoms with Crippen LogP contribution in [0.25, 0.3) is 0 Å². The molecule has 0 saturated heterocycles. The average Bonchev–Trinajstić information content (AvgIpc) is 2.77. The van der Waals surface area contributed by atoms with Gasteiger partial charge in [-0.05, 0) is 19.8 Å². The predicted molar refractivity (Wildman–Crippen MR) is 71.8 cm³/mol. The summed E-state index contributed by atoms with van der Waals surface area (Å²) in [6, 6.07) is -0.125. The molecule has 0 radical (unpaired) electrons. The molecule has 0 spiro atoms. The highest BCUT2D eigenvalue weighted by Crippen LogP contribution is 2.23. The number of nitrogens with one attached hydrogen (secondary N) is 1. The molecule has 1 aliphatic rings. The molecule has 19 heavy (non-hydrogen) atoms. The van der Waals surface area contributed by atoms with Crippen molar-refractivity contribution >= 4 is 5.91 Å². The maximum atomic E-state index is 12.3. The van der Waals surface area contributed by atoms with Crippen LogP contribution >= 0.6 is 0 Å². The first-order valence-corrected chi connectivity index (χ1v) is 6.77. The first-order valence-electron chi connectivity index (χ1n) is 6.77. The van der Waals surface area contributed by atoms with E-state index in [0.717, 1.165) is 18.5 Å². The molecule has 1 aromatic heterocycles. The van der Waals surface area contributed by atoms with Crippen LogP contribution in [-0.2, 0) is 18.2 Å². The van der Waals surface area contributed by atoms with Crippen molar-refractivity contribution in [3.8, 4) is 0 Å². The summed E-state index contributed by atoms with van der Waals surface area (Å²) in [7, 11) is 1.81. The Hall–Kier alpha value is -1.40. The number of hydrogen-bond donors (Lipinski definition) is 2. The number of amides is 1. The number of aromatic nitrogens is 2. The summed E-state index contributed by atoms with van der Waals surface area (Å²) < 4.78 is 7.20. The molecule has 0 aromatic carbocycles. The van der Waals surface area contributed by atoms with E-state index in [1.54, 1.807) is 10.9 Å². The lowest BCUT2D eigenvalue weighted by Crippen LogP contribution is -2.64. The average molecular weight is 266 g/mol. The molecule has 1 saturated carbocycles. The van der Waals surface area contributed by atoms with E-state index in [1.807, 2.05) is 20.9 Å². The van der Waals surface area contributed by atoms with Gasteiger partial charge in [-0.3, -0.25) is 9.48 Å². The fourth-order valence-corrected chi connectivity index (χ4v) is 2.44. The number of nitrogens with two attached hydrogens (primary N) is 1. The summed E-state index contributed by atoms with van der Waals surface area (Å²) in [4.78, 5) is 12.3. The third-order valence-electron chi connectivity index (χ3n) is 3.53. The van der Waals surface area contributed by atoms with Crippen LogP contribution in [0.5, 0.6) is 0 Å². The van der Waals surface area contributed by atoms with E-state index in [-0.39, 0.29) is 24.1 Å². The van der Waals surface area contributed by atoms with Gasteiger partial charge in [-0.2, -0.15) is 5.10 Å². The summed E-state index contributed by atoms with van der Waals surface area (Å²) in [5.74, 6) is -0.116. The molecule has 2 rings (SSSR count). The minimum atomic E-state index is -0.116. The molecule has 1 fully saturated rings. The Morgan fingerprint density at radius 3 is 2.95 bits per heavy atom. The van der Waals surface area contributed by atoms with Crippen molar-refractivity contribution in [1.29, 1.82) is 0 Å². The molecule has 3 unspecified atom stereocenters. The Morgan fingerprint density at radius 2 is 2.37 bits per heavy atom. The smallest absolute Gasteiger partial charge is 0.255 e. The summed E-state index contributed by atoms with van der Waals surface area (Å²) in [5.41, 5.74) is 7.36. The third kappa shape index (κ3) is 2.79. The molecule has 1 amide bonds. The molecule has 0 aliphatic heterocycles. The van der Waals surface area contributed by atoms with E-state index in [9.17, 15) is 4.79 Å². The second-order valence-corrected chi connectivity index (χ2v) is 4.91. The fourth-order valence-electron chi connectivity index (χ4n) is 2.44. The number of ether oxygens (including phenoxy) is 1. The molecule has 0 bridgehead atoms. The minimum absolute atomic E-state index is 0.0257. The summed E-state index contributed by atoms with van der Waals surface area (Å²) in [5, 5.41) is 7.23. The number of carbonyl (C=O) groups excluding carboxylic acids is 1. The van der Waals surface area contributed by atoms with Crippen LogP contribution < -0.4 is 11.1 Å². The summed E-state index contributed by atoms with van der Waals surface area (Å²) >= 11 is 0. The quantitative estimate of drug-likeness (QED) is 0.798. The Bertz CT molecular complexity index is 455. The van der Waals surface area contributed by atoms with Gasteiger partial charge in [-0.25, -0.2) is 0 Å². The SMILES string of the molecule is CCOC1CC(N)C1NC(=O)c1cn(C)nc1CC. The Morgan fingerprint density at radius 1 is 1.63 bits per heavy atom. The van der Waals surface area contributed by atoms with Crippen LogP contribution in [0.1, 0.15) is 36.3 Å². The molecule has 6 heteroatoms. The zero-order chi connectivity index (χ0) is 14.0. The monoisotopic (exact) mass is 266 g/mol. The van der Waals surface area contributed by atoms with Gasteiger partial charge in [-0.15, -0.1) is 0 Å². The van der Waals surface area contributed by atoms with E-state index < -0.39 is 0 Å². The van der Waals surface area contributed by atoms with E-state index >= 15 is 0 Å². The highest BCUT2D eigenvalue weighted by atomic mass is 16.5. The first-order chi connectivity index (χ1) is 9.06. The second kappa shape index (κ2) is 5.71. The molecular formula is C13H22N4O2. The van der Waals surface area contributed by atoms with Crippen LogP contribution in [-0.4, -0.2) is 40.5 Å². The molecule has 3 atom stereocenters. The molecule has 1 aliphatic carbocycles. The second-order valence-electron chi connectivity index (χ2n) is 4.91. The Kier molecular flexibility index (Phi) is 4.21. The van der Waals surface area contributed by atoms with Gasteiger partial charge < -0.3 is 15.8 Å². The van der Waals surface area contributed by atoms with Gasteiger partial charge in [0.15, 0.2) is 0 Å². The van der Waals surface area contributed by atoms with Crippen molar-refractivity contribution in [3.05, 3.63) is 17.5 Å². The van der Waals surface area contributed by atoms with Crippen LogP contribution in [0.3, 0.4) is 0 Å². The zero-order valence-electron chi connectivity index (χ0n) is 11.7. The van der Waals surface area contributed by atoms with Crippen molar-refractivity contribution < 1.29 is 9.53 Å². The Balaban J connectivity index is 2.04. The van der Waals surface area contributed by atoms with Gasteiger partial charge in [0.25, 0.3) is 5.91 Å². The summed E-state index contributed by atoms with van der Waals surface area (Å²) in [6.45, 7) is 4.56. The fraction of sp³-hybridized carbons (Fsp3) is 0.692. The first kappa shape index (κ1) is 14.0. The third-order valence-corrected chi connectivity index (χ3v) is 3.53. The van der Waals surface area contributed by atoms with Gasteiger partial charge in [-0.1, -0.05) is 6.92 Å². The van der Waals surface area contributed by atoms with E-state index in [4.69, 9.17) is 10.5 Å². The molecule has 106 valence electrons. The van der Waals surface area contributed by atoms with E-state index in [2.05, 4.69) is 10.4 Å². The topological polar surface area (TPSA) is 82.2 Å². The number of aryl methyl sites for hydroxylation is 2. The highest BCUT2D eigenvalue weighted by molar-refractivity contribution is 5.95. The van der Waals surface area contributed by atoms with Gasteiger partial charge in [0.2, 0.25) is 0 Å². The van der Waals surface area contributed by atoms with E-state index in [1.165, 1.54) is 0 Å². The lowest BCUT2D eigenvalue weighted by molar-refractivity contribution is -0.0300. The van der Waals surface area contributed by atoms with Crippen molar-refractivity contribution in [3.63, 3.8) is 0 Å². The Labute approximate surface area is 113 Å². The number of hydrogen-bond acceptors (Lipinski definition) is 4. The predicted octanol–water partition coefficient (Wildman–Crippen LogP) is 0.217. The maximum Gasteiger partial charge on any atom is 0.255 e. The molecule has 3 N–H and O–H groups in total.